The Morgan fingerprint density at radius 2 is 1.83 bits per heavy atom. The lowest BCUT2D eigenvalue weighted by Gasteiger charge is -2.14. The minimum Gasteiger partial charge on any atom is -0.484 e. The number of carbonyl (C=O) groups excluding carboxylic acids is 2. The summed E-state index contributed by atoms with van der Waals surface area (Å²) < 4.78 is 5.46. The number of hydrogen-bond acceptors (Lipinski definition) is 3. The molecule has 24 heavy (non-hydrogen) atoms. The monoisotopic (exact) mass is 325 g/mol. The minimum absolute atomic E-state index is 0.0283. The van der Waals surface area contributed by atoms with Crippen LogP contribution in [0.3, 0.4) is 0 Å². The average molecular weight is 325 g/mol. The molecule has 0 bridgehead atoms. The maximum Gasteiger partial charge on any atom is 0.258 e. The van der Waals surface area contributed by atoms with Gasteiger partial charge in [0.05, 0.1) is 0 Å². The first-order chi connectivity index (χ1) is 11.5. The van der Waals surface area contributed by atoms with Crippen LogP contribution in [0.1, 0.15) is 36.2 Å². The standard InChI is InChI=1S/C20H23NO3/c1-15(11-12-17-7-4-3-5-8-17)21-20(23)14-24-19-10-6-9-18(13-19)16(2)22/h3-10,13,15H,11-12,14H2,1-2H3,(H,21,23)/t15-/m0/s1. The third-order valence-corrected chi connectivity index (χ3v) is 3.73. The van der Waals surface area contributed by atoms with Crippen LogP contribution in [0, 0.1) is 0 Å². The zero-order valence-corrected chi connectivity index (χ0v) is 14.1. The highest BCUT2D eigenvalue weighted by molar-refractivity contribution is 5.94. The van der Waals surface area contributed by atoms with Crippen molar-refractivity contribution in [3.63, 3.8) is 0 Å². The second-order valence-electron chi connectivity index (χ2n) is 5.87. The summed E-state index contributed by atoms with van der Waals surface area (Å²) in [7, 11) is 0. The van der Waals surface area contributed by atoms with Crippen LogP contribution in [-0.2, 0) is 11.2 Å². The van der Waals surface area contributed by atoms with E-state index in [-0.39, 0.29) is 24.3 Å². The van der Waals surface area contributed by atoms with Crippen molar-refractivity contribution in [2.75, 3.05) is 6.61 Å². The lowest BCUT2D eigenvalue weighted by Crippen LogP contribution is -2.36. The fraction of sp³-hybridized carbons (Fsp3) is 0.300. The highest BCUT2D eigenvalue weighted by Crippen LogP contribution is 2.13. The van der Waals surface area contributed by atoms with Crippen molar-refractivity contribution in [2.24, 2.45) is 0 Å². The van der Waals surface area contributed by atoms with Crippen LogP contribution in [0.4, 0.5) is 0 Å². The summed E-state index contributed by atoms with van der Waals surface area (Å²) >= 11 is 0. The number of benzene rings is 2. The Balaban J connectivity index is 1.74. The average Bonchev–Trinajstić information content (AvgIpc) is 2.59. The predicted octanol–water partition coefficient (Wildman–Crippen LogP) is 3.41. The molecular formula is C20H23NO3. The Morgan fingerprint density at radius 3 is 2.54 bits per heavy atom. The number of rotatable bonds is 8. The summed E-state index contributed by atoms with van der Waals surface area (Å²) in [6, 6.07) is 17.1. The Bertz CT molecular complexity index is 682. The number of ketones is 1. The fourth-order valence-electron chi connectivity index (χ4n) is 2.37. The van der Waals surface area contributed by atoms with Gasteiger partial charge >= 0.3 is 0 Å². The smallest absolute Gasteiger partial charge is 0.258 e. The highest BCUT2D eigenvalue weighted by atomic mass is 16.5. The van der Waals surface area contributed by atoms with Gasteiger partial charge in [-0.15, -0.1) is 0 Å². The Labute approximate surface area is 142 Å². The number of hydrogen-bond donors (Lipinski definition) is 1. The molecule has 2 rings (SSSR count). The van der Waals surface area contributed by atoms with E-state index in [9.17, 15) is 9.59 Å². The highest BCUT2D eigenvalue weighted by Gasteiger charge is 2.09. The van der Waals surface area contributed by atoms with Gasteiger partial charge in [0.1, 0.15) is 5.75 Å². The first-order valence-corrected chi connectivity index (χ1v) is 8.11. The van der Waals surface area contributed by atoms with E-state index in [0.717, 1.165) is 12.8 Å². The van der Waals surface area contributed by atoms with Crippen LogP contribution in [0.15, 0.2) is 54.6 Å². The van der Waals surface area contributed by atoms with Crippen molar-refractivity contribution in [3.8, 4) is 5.75 Å². The Hall–Kier alpha value is -2.62. The number of Topliss-reactive ketones (excluding diaryl/α,β-unsaturated/α-hetero) is 1. The van der Waals surface area contributed by atoms with Crippen LogP contribution in [0.5, 0.6) is 5.75 Å². The molecule has 1 atom stereocenters. The van der Waals surface area contributed by atoms with E-state index in [1.165, 1.54) is 12.5 Å². The molecule has 0 spiro atoms. The maximum atomic E-state index is 12.0. The molecule has 2 aromatic carbocycles. The van der Waals surface area contributed by atoms with Gasteiger partial charge in [-0.25, -0.2) is 0 Å². The summed E-state index contributed by atoms with van der Waals surface area (Å²) in [5, 5.41) is 2.93. The molecular weight excluding hydrogens is 302 g/mol. The molecule has 2 aromatic rings. The normalized spacial score (nSPS) is 11.6. The van der Waals surface area contributed by atoms with Crippen molar-refractivity contribution in [1.29, 1.82) is 0 Å². The van der Waals surface area contributed by atoms with Gasteiger partial charge in [-0.2, -0.15) is 0 Å². The van der Waals surface area contributed by atoms with Crippen molar-refractivity contribution in [3.05, 3.63) is 65.7 Å². The van der Waals surface area contributed by atoms with Gasteiger partial charge in [-0.3, -0.25) is 9.59 Å². The summed E-state index contributed by atoms with van der Waals surface area (Å²) in [5.74, 6) is 0.331. The molecule has 0 aliphatic carbocycles. The summed E-state index contributed by atoms with van der Waals surface area (Å²) in [4.78, 5) is 23.3. The Kier molecular flexibility index (Phi) is 6.55. The fourth-order valence-corrected chi connectivity index (χ4v) is 2.37. The minimum atomic E-state index is -0.163. The molecule has 0 fully saturated rings. The number of nitrogens with one attached hydrogen (secondary N) is 1. The first kappa shape index (κ1) is 17.7. The molecule has 4 heteroatoms. The van der Waals surface area contributed by atoms with E-state index in [2.05, 4.69) is 17.4 Å². The molecule has 0 radical (unpaired) electrons. The van der Waals surface area contributed by atoms with E-state index < -0.39 is 0 Å². The van der Waals surface area contributed by atoms with Crippen LogP contribution in [0.25, 0.3) is 0 Å². The number of carbonyl (C=O) groups is 2. The quantitative estimate of drug-likeness (QED) is 0.757. The van der Waals surface area contributed by atoms with E-state index in [0.29, 0.717) is 11.3 Å². The van der Waals surface area contributed by atoms with Gasteiger partial charge in [0, 0.05) is 11.6 Å². The van der Waals surface area contributed by atoms with Crippen LogP contribution < -0.4 is 10.1 Å². The SMILES string of the molecule is CC(=O)c1cccc(OCC(=O)N[C@@H](C)CCc2ccccc2)c1. The maximum absolute atomic E-state index is 12.0. The van der Waals surface area contributed by atoms with Gasteiger partial charge in [-0.05, 0) is 44.4 Å². The van der Waals surface area contributed by atoms with Crippen molar-refractivity contribution < 1.29 is 14.3 Å². The molecule has 0 saturated heterocycles. The molecule has 0 saturated carbocycles. The molecule has 0 unspecified atom stereocenters. The molecule has 0 aromatic heterocycles. The molecule has 1 N–H and O–H groups in total. The molecule has 0 heterocycles. The van der Waals surface area contributed by atoms with E-state index in [1.807, 2.05) is 25.1 Å². The van der Waals surface area contributed by atoms with Crippen LogP contribution in [0.2, 0.25) is 0 Å². The topological polar surface area (TPSA) is 55.4 Å². The second kappa shape index (κ2) is 8.87. The van der Waals surface area contributed by atoms with Gasteiger partial charge in [0.25, 0.3) is 5.91 Å². The second-order valence-corrected chi connectivity index (χ2v) is 5.87. The van der Waals surface area contributed by atoms with Gasteiger partial charge < -0.3 is 10.1 Å². The predicted molar refractivity (Wildman–Crippen MR) is 94.3 cm³/mol. The van der Waals surface area contributed by atoms with Crippen LogP contribution >= 0.6 is 0 Å². The zero-order chi connectivity index (χ0) is 17.4. The lowest BCUT2D eigenvalue weighted by atomic mass is 10.1. The van der Waals surface area contributed by atoms with Crippen molar-refractivity contribution in [1.82, 2.24) is 5.32 Å². The largest absolute Gasteiger partial charge is 0.484 e. The van der Waals surface area contributed by atoms with E-state index in [1.54, 1.807) is 24.3 Å². The summed E-state index contributed by atoms with van der Waals surface area (Å²) in [5.41, 5.74) is 1.83. The first-order valence-electron chi connectivity index (χ1n) is 8.11. The number of amides is 1. The summed E-state index contributed by atoms with van der Waals surface area (Å²) in [6.07, 6.45) is 1.79. The van der Waals surface area contributed by atoms with Gasteiger partial charge in [0.15, 0.2) is 12.4 Å². The summed E-state index contributed by atoms with van der Waals surface area (Å²) in [6.45, 7) is 3.43. The van der Waals surface area contributed by atoms with Gasteiger partial charge in [0.2, 0.25) is 0 Å². The third kappa shape index (κ3) is 5.88. The Morgan fingerprint density at radius 1 is 1.08 bits per heavy atom. The zero-order valence-electron chi connectivity index (χ0n) is 14.1. The van der Waals surface area contributed by atoms with Crippen molar-refractivity contribution >= 4 is 11.7 Å². The molecule has 1 amide bonds. The number of aryl methyl sites for hydroxylation is 1. The van der Waals surface area contributed by atoms with E-state index in [4.69, 9.17) is 4.74 Å². The van der Waals surface area contributed by atoms with Gasteiger partial charge in [-0.1, -0.05) is 42.5 Å². The van der Waals surface area contributed by atoms with E-state index >= 15 is 0 Å². The number of ether oxygens (including phenoxy) is 1. The third-order valence-electron chi connectivity index (χ3n) is 3.73. The van der Waals surface area contributed by atoms with Crippen molar-refractivity contribution in [2.45, 2.75) is 32.7 Å². The lowest BCUT2D eigenvalue weighted by molar-refractivity contribution is -0.123. The molecule has 4 nitrogen and oxygen atoms in total. The molecule has 0 aliphatic rings. The molecule has 126 valence electrons. The van der Waals surface area contributed by atoms with Crippen LogP contribution in [-0.4, -0.2) is 24.3 Å². The molecule has 0 aliphatic heterocycles.